The Kier molecular flexibility index (Phi) is 1.99. The van der Waals surface area contributed by atoms with Crippen molar-refractivity contribution in [3.63, 3.8) is 0 Å². The lowest BCUT2D eigenvalue weighted by Crippen LogP contribution is -2.12. The zero-order valence-corrected chi connectivity index (χ0v) is 6.04. The van der Waals surface area contributed by atoms with Crippen LogP contribution in [0.3, 0.4) is 0 Å². The first-order chi connectivity index (χ1) is 5.18. The molecule has 11 heavy (non-hydrogen) atoms. The summed E-state index contributed by atoms with van der Waals surface area (Å²) in [5, 5.41) is 16.5. The first-order valence-electron chi connectivity index (χ1n) is 3.41. The third-order valence-corrected chi connectivity index (χ3v) is 1.91. The van der Waals surface area contributed by atoms with Crippen molar-refractivity contribution in [1.82, 2.24) is 0 Å². The summed E-state index contributed by atoms with van der Waals surface area (Å²) in [7, 11) is 0. The third-order valence-electron chi connectivity index (χ3n) is 1.91. The van der Waals surface area contributed by atoms with Crippen LogP contribution < -0.4 is 0 Å². The first-order valence-corrected chi connectivity index (χ1v) is 3.41. The largest absolute Gasteiger partial charge is 0.505 e. The standard InChI is InChI=1S/C7H9NO3/c8-4-3-7(1-2-7)5-11-6(9)10/h1-3,5H2,(H,9,10). The molecule has 1 aliphatic carbocycles. The summed E-state index contributed by atoms with van der Waals surface area (Å²) in [6.45, 7) is 0.176. The van der Waals surface area contributed by atoms with Gasteiger partial charge in [-0.15, -0.1) is 0 Å². The molecule has 0 aromatic heterocycles. The van der Waals surface area contributed by atoms with Crippen molar-refractivity contribution < 1.29 is 14.6 Å². The summed E-state index contributed by atoms with van der Waals surface area (Å²) in [5.41, 5.74) is -0.132. The first kappa shape index (κ1) is 7.86. The summed E-state index contributed by atoms with van der Waals surface area (Å²) in [5.74, 6) is 0. The summed E-state index contributed by atoms with van der Waals surface area (Å²) in [6, 6.07) is 2.02. The van der Waals surface area contributed by atoms with E-state index in [0.29, 0.717) is 6.42 Å². The number of nitrogens with zero attached hydrogens (tertiary/aromatic N) is 1. The van der Waals surface area contributed by atoms with Crippen molar-refractivity contribution in [2.75, 3.05) is 6.61 Å². The van der Waals surface area contributed by atoms with E-state index in [0.717, 1.165) is 12.8 Å². The van der Waals surface area contributed by atoms with Gasteiger partial charge >= 0.3 is 6.16 Å². The van der Waals surface area contributed by atoms with E-state index >= 15 is 0 Å². The van der Waals surface area contributed by atoms with Gasteiger partial charge in [0.25, 0.3) is 0 Å². The normalized spacial score (nSPS) is 18.5. The lowest BCUT2D eigenvalue weighted by Gasteiger charge is -2.08. The van der Waals surface area contributed by atoms with E-state index in [2.05, 4.69) is 4.74 Å². The van der Waals surface area contributed by atoms with E-state index in [-0.39, 0.29) is 12.0 Å². The molecule has 0 aliphatic heterocycles. The number of carboxylic acid groups (broad SMARTS) is 1. The SMILES string of the molecule is N#CCC1(COC(=O)O)CC1. The second-order valence-electron chi connectivity index (χ2n) is 2.89. The molecule has 0 amide bonds. The minimum Gasteiger partial charge on any atom is -0.450 e. The predicted octanol–water partition coefficient (Wildman–Crippen LogP) is 1.37. The van der Waals surface area contributed by atoms with E-state index < -0.39 is 6.16 Å². The van der Waals surface area contributed by atoms with Gasteiger partial charge in [0, 0.05) is 11.8 Å². The van der Waals surface area contributed by atoms with E-state index in [1.807, 2.05) is 6.07 Å². The van der Waals surface area contributed by atoms with Crippen LogP contribution in [0.4, 0.5) is 4.79 Å². The van der Waals surface area contributed by atoms with Crippen molar-refractivity contribution in [2.24, 2.45) is 5.41 Å². The molecule has 0 heterocycles. The van der Waals surface area contributed by atoms with Gasteiger partial charge in [-0.05, 0) is 12.8 Å². The van der Waals surface area contributed by atoms with Gasteiger partial charge < -0.3 is 9.84 Å². The number of ether oxygens (including phenoxy) is 1. The zero-order valence-electron chi connectivity index (χ0n) is 6.04. The van der Waals surface area contributed by atoms with Gasteiger partial charge in [0.15, 0.2) is 0 Å². The molecule has 0 radical (unpaired) electrons. The van der Waals surface area contributed by atoms with E-state index in [4.69, 9.17) is 10.4 Å². The molecule has 1 fully saturated rings. The Hall–Kier alpha value is -1.24. The number of hydrogen-bond acceptors (Lipinski definition) is 3. The molecule has 4 nitrogen and oxygen atoms in total. The summed E-state index contributed by atoms with van der Waals surface area (Å²) in [6.07, 6.45) is 0.969. The van der Waals surface area contributed by atoms with Gasteiger partial charge in [-0.1, -0.05) is 0 Å². The Morgan fingerprint density at radius 1 is 1.73 bits per heavy atom. The average molecular weight is 155 g/mol. The zero-order chi connectivity index (χ0) is 8.32. The maximum atomic E-state index is 9.97. The lowest BCUT2D eigenvalue weighted by atomic mass is 10.1. The summed E-state index contributed by atoms with van der Waals surface area (Å²) < 4.78 is 4.39. The molecule has 1 saturated carbocycles. The second kappa shape index (κ2) is 2.79. The predicted molar refractivity (Wildman–Crippen MR) is 35.9 cm³/mol. The summed E-state index contributed by atoms with van der Waals surface area (Å²) >= 11 is 0. The van der Waals surface area contributed by atoms with Crippen LogP contribution in [0, 0.1) is 16.7 Å². The van der Waals surface area contributed by atoms with Crippen LogP contribution in [0.2, 0.25) is 0 Å². The van der Waals surface area contributed by atoms with Gasteiger partial charge in [-0.25, -0.2) is 4.79 Å². The fraction of sp³-hybridized carbons (Fsp3) is 0.714. The number of hydrogen-bond donors (Lipinski definition) is 1. The Balaban J connectivity index is 2.26. The van der Waals surface area contributed by atoms with Crippen LogP contribution in [0.25, 0.3) is 0 Å². The van der Waals surface area contributed by atoms with Crippen LogP contribution in [0.15, 0.2) is 0 Å². The molecule has 0 saturated heterocycles. The van der Waals surface area contributed by atoms with Crippen molar-refractivity contribution in [3.8, 4) is 6.07 Å². The number of nitriles is 1. The van der Waals surface area contributed by atoms with Gasteiger partial charge in [-0.3, -0.25) is 0 Å². The van der Waals surface area contributed by atoms with Crippen LogP contribution in [0.5, 0.6) is 0 Å². The van der Waals surface area contributed by atoms with Crippen LogP contribution in [0.1, 0.15) is 19.3 Å². The van der Waals surface area contributed by atoms with Crippen molar-refractivity contribution in [2.45, 2.75) is 19.3 Å². The Labute approximate surface area is 64.4 Å². The highest BCUT2D eigenvalue weighted by molar-refractivity contribution is 5.56. The van der Waals surface area contributed by atoms with Crippen molar-refractivity contribution in [3.05, 3.63) is 0 Å². The van der Waals surface area contributed by atoms with Crippen molar-refractivity contribution in [1.29, 1.82) is 5.26 Å². The van der Waals surface area contributed by atoms with E-state index in [1.54, 1.807) is 0 Å². The third kappa shape index (κ3) is 2.11. The second-order valence-corrected chi connectivity index (χ2v) is 2.89. The minimum absolute atomic E-state index is 0.132. The molecule has 0 unspecified atom stereocenters. The highest BCUT2D eigenvalue weighted by atomic mass is 16.7. The topological polar surface area (TPSA) is 70.3 Å². The molecular weight excluding hydrogens is 146 g/mol. The Morgan fingerprint density at radius 2 is 2.36 bits per heavy atom. The molecule has 1 rings (SSSR count). The maximum absolute atomic E-state index is 9.97. The molecule has 60 valence electrons. The molecule has 0 aromatic rings. The quantitative estimate of drug-likeness (QED) is 0.625. The molecule has 0 spiro atoms. The van der Waals surface area contributed by atoms with Crippen LogP contribution in [-0.4, -0.2) is 17.9 Å². The van der Waals surface area contributed by atoms with E-state index in [1.165, 1.54) is 0 Å². The van der Waals surface area contributed by atoms with E-state index in [9.17, 15) is 4.79 Å². The smallest absolute Gasteiger partial charge is 0.450 e. The number of carbonyl (C=O) groups is 1. The molecular formula is C7H9NO3. The van der Waals surface area contributed by atoms with Gasteiger partial charge in [0.2, 0.25) is 0 Å². The fourth-order valence-corrected chi connectivity index (χ4v) is 0.931. The molecule has 1 aliphatic rings. The molecule has 1 N–H and O–H groups in total. The molecule has 0 atom stereocenters. The fourth-order valence-electron chi connectivity index (χ4n) is 0.931. The van der Waals surface area contributed by atoms with Crippen LogP contribution >= 0.6 is 0 Å². The highest BCUT2D eigenvalue weighted by Gasteiger charge is 2.43. The number of rotatable bonds is 3. The van der Waals surface area contributed by atoms with Gasteiger partial charge in [0.1, 0.15) is 6.61 Å². The minimum atomic E-state index is -1.26. The summed E-state index contributed by atoms with van der Waals surface area (Å²) in [4.78, 5) is 9.97. The Bertz CT molecular complexity index is 202. The molecule has 0 bridgehead atoms. The maximum Gasteiger partial charge on any atom is 0.505 e. The van der Waals surface area contributed by atoms with Gasteiger partial charge in [0.05, 0.1) is 6.07 Å². The molecule has 0 aromatic carbocycles. The lowest BCUT2D eigenvalue weighted by molar-refractivity contribution is 0.0729. The monoisotopic (exact) mass is 155 g/mol. The average Bonchev–Trinajstić information content (AvgIpc) is 2.67. The van der Waals surface area contributed by atoms with Gasteiger partial charge in [-0.2, -0.15) is 5.26 Å². The highest BCUT2D eigenvalue weighted by Crippen LogP contribution is 2.48. The van der Waals surface area contributed by atoms with Crippen molar-refractivity contribution >= 4 is 6.16 Å². The van der Waals surface area contributed by atoms with Crippen LogP contribution in [-0.2, 0) is 4.74 Å². The Morgan fingerprint density at radius 3 is 2.73 bits per heavy atom. The molecule has 4 heteroatoms.